The highest BCUT2D eigenvalue weighted by atomic mass is 16.6. The molecule has 2 heterocycles. The first-order valence-corrected chi connectivity index (χ1v) is 7.71. The van der Waals surface area contributed by atoms with E-state index in [0.29, 0.717) is 13.0 Å². The maximum absolute atomic E-state index is 11.6. The summed E-state index contributed by atoms with van der Waals surface area (Å²) in [6.07, 6.45) is 5.78. The molecule has 0 radical (unpaired) electrons. The lowest BCUT2D eigenvalue weighted by atomic mass is 10.2. The summed E-state index contributed by atoms with van der Waals surface area (Å²) in [5.41, 5.74) is 2.70. The monoisotopic (exact) mass is 316 g/mol. The van der Waals surface area contributed by atoms with Crippen LogP contribution in [0.25, 0.3) is 0 Å². The van der Waals surface area contributed by atoms with Crippen molar-refractivity contribution >= 4 is 6.09 Å². The lowest BCUT2D eigenvalue weighted by molar-refractivity contribution is 0.0528. The van der Waals surface area contributed by atoms with Gasteiger partial charge >= 0.3 is 6.09 Å². The average Bonchev–Trinajstić information content (AvgIpc) is 2.87. The van der Waals surface area contributed by atoms with Gasteiger partial charge in [-0.15, -0.1) is 0 Å². The van der Waals surface area contributed by atoms with Crippen LogP contribution in [0, 0.1) is 6.92 Å². The van der Waals surface area contributed by atoms with Gasteiger partial charge in [-0.3, -0.25) is 4.98 Å². The number of nitrogens with one attached hydrogen (secondary N) is 1. The van der Waals surface area contributed by atoms with Gasteiger partial charge in [0, 0.05) is 36.7 Å². The van der Waals surface area contributed by atoms with Crippen molar-refractivity contribution in [1.82, 2.24) is 19.9 Å². The fourth-order valence-corrected chi connectivity index (χ4v) is 2.09. The number of nitrogens with zero attached hydrogens (tertiary/aromatic N) is 3. The van der Waals surface area contributed by atoms with Crippen LogP contribution >= 0.6 is 0 Å². The molecule has 0 saturated carbocycles. The summed E-state index contributed by atoms with van der Waals surface area (Å²) in [6, 6.07) is 4.06. The summed E-state index contributed by atoms with van der Waals surface area (Å²) in [6.45, 7) is 8.72. The van der Waals surface area contributed by atoms with Crippen LogP contribution in [0.1, 0.15) is 37.7 Å². The van der Waals surface area contributed by atoms with E-state index in [4.69, 9.17) is 4.74 Å². The lowest BCUT2D eigenvalue weighted by Gasteiger charge is -2.19. The summed E-state index contributed by atoms with van der Waals surface area (Å²) >= 11 is 0. The Hall–Kier alpha value is -2.37. The van der Waals surface area contributed by atoms with Crippen molar-refractivity contribution in [1.29, 1.82) is 0 Å². The zero-order valence-corrected chi connectivity index (χ0v) is 14.2. The van der Waals surface area contributed by atoms with Gasteiger partial charge in [-0.25, -0.2) is 9.78 Å². The number of hydrogen-bond donors (Lipinski definition) is 1. The summed E-state index contributed by atoms with van der Waals surface area (Å²) in [7, 11) is 0. The number of imidazole rings is 1. The highest BCUT2D eigenvalue weighted by Gasteiger charge is 2.15. The van der Waals surface area contributed by atoms with Gasteiger partial charge in [0.1, 0.15) is 5.60 Å². The van der Waals surface area contributed by atoms with Gasteiger partial charge in [0.15, 0.2) is 0 Å². The normalized spacial score (nSPS) is 11.3. The molecular weight excluding hydrogens is 292 g/mol. The van der Waals surface area contributed by atoms with Crippen molar-refractivity contribution in [3.05, 3.63) is 47.8 Å². The number of pyridine rings is 1. The first kappa shape index (κ1) is 17.0. The van der Waals surface area contributed by atoms with E-state index in [9.17, 15) is 4.79 Å². The first-order chi connectivity index (χ1) is 10.8. The number of carbonyl (C=O) groups is 1. The van der Waals surface area contributed by atoms with E-state index in [2.05, 4.69) is 25.9 Å². The highest BCUT2D eigenvalue weighted by molar-refractivity contribution is 5.67. The molecule has 0 bridgehead atoms. The molecule has 0 aromatic carbocycles. The highest BCUT2D eigenvalue weighted by Crippen LogP contribution is 2.08. The third-order valence-electron chi connectivity index (χ3n) is 3.17. The van der Waals surface area contributed by atoms with Crippen LogP contribution in [0.3, 0.4) is 0 Å². The molecule has 1 amide bonds. The van der Waals surface area contributed by atoms with E-state index in [1.807, 2.05) is 46.2 Å². The SMILES string of the molecule is Cc1ccc(Cn2cncc2CCNC(=O)OC(C)(C)C)cn1. The Morgan fingerprint density at radius 1 is 1.30 bits per heavy atom. The van der Waals surface area contributed by atoms with Gasteiger partial charge in [0.25, 0.3) is 0 Å². The molecule has 6 heteroatoms. The van der Waals surface area contributed by atoms with Crippen LogP contribution < -0.4 is 5.32 Å². The van der Waals surface area contributed by atoms with Crippen LogP contribution in [0.15, 0.2) is 30.9 Å². The third-order valence-corrected chi connectivity index (χ3v) is 3.17. The number of ether oxygens (including phenoxy) is 1. The lowest BCUT2D eigenvalue weighted by Crippen LogP contribution is -2.33. The maximum Gasteiger partial charge on any atom is 0.407 e. The predicted octanol–water partition coefficient (Wildman–Crippen LogP) is 2.70. The minimum Gasteiger partial charge on any atom is -0.444 e. The van der Waals surface area contributed by atoms with Crippen LogP contribution in [-0.2, 0) is 17.7 Å². The van der Waals surface area contributed by atoms with E-state index < -0.39 is 11.7 Å². The van der Waals surface area contributed by atoms with Crippen LogP contribution in [0.5, 0.6) is 0 Å². The maximum atomic E-state index is 11.6. The molecule has 0 fully saturated rings. The topological polar surface area (TPSA) is 69.0 Å². The number of aryl methyl sites for hydroxylation is 1. The largest absolute Gasteiger partial charge is 0.444 e. The second-order valence-electron chi connectivity index (χ2n) is 6.50. The van der Waals surface area contributed by atoms with E-state index in [-0.39, 0.29) is 0 Å². The van der Waals surface area contributed by atoms with Gasteiger partial charge in [0.05, 0.1) is 12.9 Å². The quantitative estimate of drug-likeness (QED) is 0.921. The van der Waals surface area contributed by atoms with Crippen molar-refractivity contribution < 1.29 is 9.53 Å². The average molecular weight is 316 g/mol. The standard InChI is InChI=1S/C17H24N4O2/c1-13-5-6-14(9-20-13)11-21-12-18-10-15(21)7-8-19-16(22)23-17(2,3)4/h5-6,9-10,12H,7-8,11H2,1-4H3,(H,19,22). The van der Waals surface area contributed by atoms with Gasteiger partial charge < -0.3 is 14.6 Å². The Morgan fingerprint density at radius 3 is 2.74 bits per heavy atom. The Morgan fingerprint density at radius 2 is 2.09 bits per heavy atom. The van der Waals surface area contributed by atoms with E-state index in [1.165, 1.54) is 0 Å². The Labute approximate surface area is 136 Å². The molecule has 1 N–H and O–H groups in total. The van der Waals surface area contributed by atoms with E-state index >= 15 is 0 Å². The number of carbonyl (C=O) groups excluding carboxylic acids is 1. The van der Waals surface area contributed by atoms with Gasteiger partial charge in [-0.1, -0.05) is 6.07 Å². The van der Waals surface area contributed by atoms with Crippen molar-refractivity contribution in [3.8, 4) is 0 Å². The smallest absolute Gasteiger partial charge is 0.407 e. The fourth-order valence-electron chi connectivity index (χ4n) is 2.09. The van der Waals surface area contributed by atoms with E-state index in [0.717, 1.165) is 23.5 Å². The fraction of sp³-hybridized carbons (Fsp3) is 0.471. The summed E-state index contributed by atoms with van der Waals surface area (Å²) in [4.78, 5) is 20.1. The molecular formula is C17H24N4O2. The third kappa shape index (κ3) is 5.73. The molecule has 2 aromatic rings. The number of alkyl carbamates (subject to hydrolysis) is 1. The van der Waals surface area contributed by atoms with Crippen molar-refractivity contribution in [3.63, 3.8) is 0 Å². The van der Waals surface area contributed by atoms with Gasteiger partial charge in [0.2, 0.25) is 0 Å². The first-order valence-electron chi connectivity index (χ1n) is 7.71. The molecule has 124 valence electrons. The van der Waals surface area contributed by atoms with Gasteiger partial charge in [-0.2, -0.15) is 0 Å². The molecule has 6 nitrogen and oxygen atoms in total. The zero-order valence-electron chi connectivity index (χ0n) is 14.2. The summed E-state index contributed by atoms with van der Waals surface area (Å²) < 4.78 is 7.27. The number of hydrogen-bond acceptors (Lipinski definition) is 4. The molecule has 2 rings (SSSR count). The second kappa shape index (κ2) is 7.26. The molecule has 0 atom stereocenters. The Bertz CT molecular complexity index is 641. The number of rotatable bonds is 5. The molecule has 0 aliphatic rings. The number of amides is 1. The van der Waals surface area contributed by atoms with Crippen molar-refractivity contribution in [2.75, 3.05) is 6.54 Å². The minimum atomic E-state index is -0.482. The molecule has 0 unspecified atom stereocenters. The van der Waals surface area contributed by atoms with Crippen LogP contribution in [-0.4, -0.2) is 32.8 Å². The van der Waals surface area contributed by atoms with E-state index in [1.54, 1.807) is 6.33 Å². The van der Waals surface area contributed by atoms with Crippen molar-refractivity contribution in [2.45, 2.75) is 46.3 Å². The molecule has 0 aliphatic heterocycles. The molecule has 0 spiro atoms. The Kier molecular flexibility index (Phi) is 5.36. The van der Waals surface area contributed by atoms with Crippen molar-refractivity contribution in [2.24, 2.45) is 0 Å². The molecule has 2 aromatic heterocycles. The summed E-state index contributed by atoms with van der Waals surface area (Å²) in [5.74, 6) is 0. The Balaban J connectivity index is 1.86. The molecule has 0 saturated heterocycles. The van der Waals surface area contributed by atoms with Crippen LogP contribution in [0.2, 0.25) is 0 Å². The second-order valence-corrected chi connectivity index (χ2v) is 6.50. The predicted molar refractivity (Wildman–Crippen MR) is 88.2 cm³/mol. The van der Waals surface area contributed by atoms with Gasteiger partial charge in [-0.05, 0) is 39.3 Å². The van der Waals surface area contributed by atoms with Crippen LogP contribution in [0.4, 0.5) is 4.79 Å². The number of aromatic nitrogens is 3. The minimum absolute atomic E-state index is 0.397. The zero-order chi connectivity index (χ0) is 16.9. The summed E-state index contributed by atoms with van der Waals surface area (Å²) in [5, 5.41) is 2.76. The molecule has 0 aliphatic carbocycles. The molecule has 23 heavy (non-hydrogen) atoms.